The van der Waals surface area contributed by atoms with E-state index in [0.717, 1.165) is 31.2 Å². The number of rotatable bonds is 5. The summed E-state index contributed by atoms with van der Waals surface area (Å²) in [5.74, 6) is -0.388. The van der Waals surface area contributed by atoms with E-state index in [4.69, 9.17) is 0 Å². The van der Waals surface area contributed by atoms with E-state index in [0.29, 0.717) is 17.7 Å². The van der Waals surface area contributed by atoms with Crippen molar-refractivity contribution in [1.82, 2.24) is 15.6 Å². The lowest BCUT2D eigenvalue weighted by Gasteiger charge is -2.22. The van der Waals surface area contributed by atoms with Crippen LogP contribution in [0.3, 0.4) is 0 Å². The molecular weight excluding hydrogens is 314 g/mol. The third-order valence-corrected chi connectivity index (χ3v) is 4.50. The van der Waals surface area contributed by atoms with Crippen molar-refractivity contribution < 1.29 is 9.59 Å². The van der Waals surface area contributed by atoms with Crippen LogP contribution in [0.25, 0.3) is 0 Å². The Morgan fingerprint density at radius 3 is 2.36 bits per heavy atom. The number of benzene rings is 1. The average molecular weight is 337 g/mol. The minimum absolute atomic E-state index is 0.155. The Morgan fingerprint density at radius 2 is 1.64 bits per heavy atom. The second-order valence-corrected chi connectivity index (χ2v) is 6.44. The van der Waals surface area contributed by atoms with E-state index in [1.165, 1.54) is 18.8 Å². The molecule has 0 atom stereocenters. The highest BCUT2D eigenvalue weighted by molar-refractivity contribution is 5.99. The minimum Gasteiger partial charge on any atom is -0.349 e. The molecule has 1 aromatic heterocycles. The molecule has 5 nitrogen and oxygen atoms in total. The predicted molar refractivity (Wildman–Crippen MR) is 96.2 cm³/mol. The lowest BCUT2D eigenvalue weighted by Crippen LogP contribution is -2.36. The maximum Gasteiger partial charge on any atom is 0.253 e. The first-order valence-corrected chi connectivity index (χ1v) is 8.80. The van der Waals surface area contributed by atoms with Gasteiger partial charge in [0.2, 0.25) is 0 Å². The number of nitrogens with one attached hydrogen (secondary N) is 2. The number of carbonyl (C=O) groups excluding carboxylic acids is 2. The fraction of sp³-hybridized carbons (Fsp3) is 0.350. The van der Waals surface area contributed by atoms with Crippen LogP contribution in [-0.2, 0) is 6.54 Å². The Morgan fingerprint density at radius 1 is 0.960 bits per heavy atom. The summed E-state index contributed by atoms with van der Waals surface area (Å²) in [5.41, 5.74) is 1.85. The van der Waals surface area contributed by atoms with Crippen molar-refractivity contribution in [1.29, 1.82) is 0 Å². The van der Waals surface area contributed by atoms with Crippen LogP contribution in [0, 0.1) is 0 Å². The zero-order valence-electron chi connectivity index (χ0n) is 14.2. The van der Waals surface area contributed by atoms with Crippen molar-refractivity contribution >= 4 is 11.8 Å². The summed E-state index contributed by atoms with van der Waals surface area (Å²) >= 11 is 0. The molecule has 1 aliphatic rings. The second-order valence-electron chi connectivity index (χ2n) is 6.44. The van der Waals surface area contributed by atoms with E-state index in [1.54, 1.807) is 6.07 Å². The highest BCUT2D eigenvalue weighted by Gasteiger charge is 2.17. The molecular formula is C20H23N3O2. The maximum absolute atomic E-state index is 12.4. The SMILES string of the molecule is O=C(NCc1ccccc1)c1cncc(C(=O)NC2CCCCC2)c1. The van der Waals surface area contributed by atoms with E-state index in [9.17, 15) is 9.59 Å². The fourth-order valence-corrected chi connectivity index (χ4v) is 3.08. The lowest BCUT2D eigenvalue weighted by molar-refractivity contribution is 0.0927. The molecule has 3 rings (SSSR count). The second kappa shape index (κ2) is 8.42. The summed E-state index contributed by atoms with van der Waals surface area (Å²) in [4.78, 5) is 28.7. The van der Waals surface area contributed by atoms with Crippen LogP contribution in [0.1, 0.15) is 58.4 Å². The zero-order chi connectivity index (χ0) is 17.5. The molecule has 0 spiro atoms. The van der Waals surface area contributed by atoms with Gasteiger partial charge in [0.05, 0.1) is 11.1 Å². The Hall–Kier alpha value is -2.69. The van der Waals surface area contributed by atoms with E-state index in [2.05, 4.69) is 15.6 Å². The Balaban J connectivity index is 1.60. The molecule has 2 N–H and O–H groups in total. The third-order valence-electron chi connectivity index (χ3n) is 4.50. The molecule has 2 aromatic rings. The molecule has 1 aliphatic carbocycles. The molecule has 5 heteroatoms. The van der Waals surface area contributed by atoms with Crippen molar-refractivity contribution in [2.75, 3.05) is 0 Å². The molecule has 0 aliphatic heterocycles. The Kier molecular flexibility index (Phi) is 5.77. The maximum atomic E-state index is 12.4. The first-order chi connectivity index (χ1) is 12.2. The average Bonchev–Trinajstić information content (AvgIpc) is 2.68. The molecule has 25 heavy (non-hydrogen) atoms. The summed E-state index contributed by atoms with van der Waals surface area (Å²) in [7, 11) is 0. The monoisotopic (exact) mass is 337 g/mol. The van der Waals surface area contributed by atoms with Gasteiger partial charge in [-0.3, -0.25) is 14.6 Å². The van der Waals surface area contributed by atoms with Crippen molar-refractivity contribution in [2.45, 2.75) is 44.7 Å². The third kappa shape index (κ3) is 4.89. The highest BCUT2D eigenvalue weighted by Crippen LogP contribution is 2.18. The van der Waals surface area contributed by atoms with Gasteiger partial charge in [-0.05, 0) is 24.5 Å². The van der Waals surface area contributed by atoms with Crippen LogP contribution in [0.4, 0.5) is 0 Å². The Labute approximate surface area is 147 Å². The molecule has 0 unspecified atom stereocenters. The van der Waals surface area contributed by atoms with Gasteiger partial charge in [-0.1, -0.05) is 49.6 Å². The first kappa shape index (κ1) is 17.1. The largest absolute Gasteiger partial charge is 0.349 e. The number of hydrogen-bond acceptors (Lipinski definition) is 3. The van der Waals surface area contributed by atoms with E-state index >= 15 is 0 Å². The zero-order valence-corrected chi connectivity index (χ0v) is 14.2. The Bertz CT molecular complexity index is 725. The van der Waals surface area contributed by atoms with Gasteiger partial charge in [-0.25, -0.2) is 0 Å². The standard InChI is InChI=1S/C20H23N3O2/c24-19(22-12-15-7-3-1-4-8-15)16-11-17(14-21-13-16)20(25)23-18-9-5-2-6-10-18/h1,3-4,7-8,11,13-14,18H,2,5-6,9-10,12H2,(H,22,24)(H,23,25). The summed E-state index contributed by atoms with van der Waals surface area (Å²) in [6, 6.07) is 11.5. The van der Waals surface area contributed by atoms with Crippen LogP contribution in [0.15, 0.2) is 48.8 Å². The molecule has 1 heterocycles. The van der Waals surface area contributed by atoms with Gasteiger partial charge in [-0.15, -0.1) is 0 Å². The number of aromatic nitrogens is 1. The number of hydrogen-bond donors (Lipinski definition) is 2. The van der Waals surface area contributed by atoms with Crippen molar-refractivity contribution in [3.05, 3.63) is 65.5 Å². The molecule has 1 aromatic carbocycles. The van der Waals surface area contributed by atoms with Gasteiger partial charge in [0.1, 0.15) is 0 Å². The number of pyridine rings is 1. The van der Waals surface area contributed by atoms with Crippen molar-refractivity contribution in [3.8, 4) is 0 Å². The van der Waals surface area contributed by atoms with Gasteiger partial charge >= 0.3 is 0 Å². The van der Waals surface area contributed by atoms with Crippen molar-refractivity contribution in [2.24, 2.45) is 0 Å². The molecule has 0 radical (unpaired) electrons. The van der Waals surface area contributed by atoms with Crippen LogP contribution in [0.2, 0.25) is 0 Å². The lowest BCUT2D eigenvalue weighted by atomic mass is 9.95. The normalized spacial score (nSPS) is 14.7. The predicted octanol–water partition coefficient (Wildman–Crippen LogP) is 3.07. The summed E-state index contributed by atoms with van der Waals surface area (Å²) in [6.07, 6.45) is 8.60. The minimum atomic E-state index is -0.233. The number of carbonyl (C=O) groups is 2. The van der Waals surface area contributed by atoms with Crippen LogP contribution in [-0.4, -0.2) is 22.8 Å². The van der Waals surface area contributed by atoms with Crippen LogP contribution < -0.4 is 10.6 Å². The van der Waals surface area contributed by atoms with E-state index in [1.807, 2.05) is 30.3 Å². The van der Waals surface area contributed by atoms with Crippen molar-refractivity contribution in [3.63, 3.8) is 0 Å². The van der Waals surface area contributed by atoms with E-state index < -0.39 is 0 Å². The quantitative estimate of drug-likeness (QED) is 0.881. The molecule has 2 amide bonds. The van der Waals surface area contributed by atoms with Crippen LogP contribution >= 0.6 is 0 Å². The molecule has 0 saturated heterocycles. The van der Waals surface area contributed by atoms with Gasteiger partial charge in [-0.2, -0.15) is 0 Å². The topological polar surface area (TPSA) is 71.1 Å². The molecule has 1 saturated carbocycles. The summed E-state index contributed by atoms with van der Waals surface area (Å²) < 4.78 is 0. The van der Waals surface area contributed by atoms with Gasteiger partial charge < -0.3 is 10.6 Å². The first-order valence-electron chi connectivity index (χ1n) is 8.80. The molecule has 0 bridgehead atoms. The summed E-state index contributed by atoms with van der Waals surface area (Å²) in [6.45, 7) is 0.443. The number of amides is 2. The van der Waals surface area contributed by atoms with Gasteiger partial charge in [0, 0.05) is 25.0 Å². The molecule has 130 valence electrons. The molecule has 1 fully saturated rings. The smallest absolute Gasteiger partial charge is 0.253 e. The fourth-order valence-electron chi connectivity index (χ4n) is 3.08. The van der Waals surface area contributed by atoms with Gasteiger partial charge in [0.15, 0.2) is 0 Å². The number of nitrogens with zero attached hydrogens (tertiary/aromatic N) is 1. The summed E-state index contributed by atoms with van der Waals surface area (Å²) in [5, 5.41) is 5.90. The van der Waals surface area contributed by atoms with Gasteiger partial charge in [0.25, 0.3) is 11.8 Å². The van der Waals surface area contributed by atoms with Crippen LogP contribution in [0.5, 0.6) is 0 Å². The highest BCUT2D eigenvalue weighted by atomic mass is 16.2. The van der Waals surface area contributed by atoms with E-state index in [-0.39, 0.29) is 17.9 Å².